The SMILES string of the molecule is COC1(C)CC(OC2C(C)C(=O)OC(c3ccsc3)C(C)C(O)C(C)C(=O)C(C)CC(C)(O)C(OC3OC(C)CC(N(C)C)C3O)C2C)OC(C)C1O. The summed E-state index contributed by atoms with van der Waals surface area (Å²) in [5.74, 6) is -4.91. The van der Waals surface area contributed by atoms with Gasteiger partial charge in [0, 0.05) is 48.8 Å². The molecule has 0 radical (unpaired) electrons. The topological polar surface area (TPSA) is 174 Å². The summed E-state index contributed by atoms with van der Waals surface area (Å²) in [5, 5.41) is 50.2. The highest BCUT2D eigenvalue weighted by Crippen LogP contribution is 2.41. The Balaban J connectivity index is 1.84. The van der Waals surface area contributed by atoms with Crippen LogP contribution in [0, 0.1) is 29.6 Å². The van der Waals surface area contributed by atoms with Crippen molar-refractivity contribution in [2.45, 2.75) is 160 Å². The lowest BCUT2D eigenvalue weighted by Crippen LogP contribution is -2.60. The Morgan fingerprint density at radius 2 is 1.57 bits per heavy atom. The van der Waals surface area contributed by atoms with Crippen LogP contribution in [0.4, 0.5) is 0 Å². The van der Waals surface area contributed by atoms with Gasteiger partial charge >= 0.3 is 5.97 Å². The number of cyclic esters (lactones) is 1. The standard InChI is InChI=1S/C39H65NO12S/c1-19-16-38(8,46)35(52-37-31(43)27(40(10)11)15-20(2)48-37)23(5)32(50-28-17-39(9,47-12)34(44)25(7)49-28)24(6)36(45)51-33(26-13-14-53-18-26)22(4)30(42)21(3)29(19)41/h13-14,18-25,27-28,30-35,37,42-44,46H,15-17H2,1-12H3. The number of ketones is 1. The maximum Gasteiger partial charge on any atom is 0.311 e. The number of thiophene rings is 1. The molecule has 0 spiro atoms. The zero-order valence-electron chi connectivity index (χ0n) is 33.5. The predicted octanol–water partition coefficient (Wildman–Crippen LogP) is 3.69. The van der Waals surface area contributed by atoms with Crippen molar-refractivity contribution < 1.29 is 58.4 Å². The minimum absolute atomic E-state index is 0.0633. The van der Waals surface area contributed by atoms with E-state index in [1.165, 1.54) is 18.4 Å². The molecule has 4 rings (SSSR count). The molecule has 4 heterocycles. The number of aliphatic hydroxyl groups excluding tert-OH is 3. The van der Waals surface area contributed by atoms with E-state index in [9.17, 15) is 30.0 Å². The summed E-state index contributed by atoms with van der Waals surface area (Å²) >= 11 is 1.43. The van der Waals surface area contributed by atoms with E-state index in [1.54, 1.807) is 55.4 Å². The van der Waals surface area contributed by atoms with E-state index in [4.69, 9.17) is 28.4 Å². The molecule has 0 aromatic carbocycles. The molecule has 13 nitrogen and oxygen atoms in total. The van der Waals surface area contributed by atoms with Crippen LogP contribution in [0.15, 0.2) is 16.8 Å². The number of rotatable bonds is 7. The molecule has 18 unspecified atom stereocenters. The summed E-state index contributed by atoms with van der Waals surface area (Å²) in [4.78, 5) is 30.3. The van der Waals surface area contributed by atoms with Crippen molar-refractivity contribution in [3.8, 4) is 0 Å². The van der Waals surface area contributed by atoms with E-state index in [0.29, 0.717) is 12.0 Å². The van der Waals surface area contributed by atoms with Crippen LogP contribution in [0.2, 0.25) is 0 Å². The van der Waals surface area contributed by atoms with Gasteiger partial charge in [-0.05, 0) is 78.4 Å². The fourth-order valence-corrected chi connectivity index (χ4v) is 9.33. The largest absolute Gasteiger partial charge is 0.457 e. The molecule has 14 heteroatoms. The maximum atomic E-state index is 14.4. The van der Waals surface area contributed by atoms with Crippen LogP contribution in [0.3, 0.4) is 0 Å². The monoisotopic (exact) mass is 771 g/mol. The molecule has 3 aliphatic heterocycles. The molecule has 53 heavy (non-hydrogen) atoms. The highest BCUT2D eigenvalue weighted by Gasteiger charge is 2.52. The van der Waals surface area contributed by atoms with Crippen LogP contribution in [-0.4, -0.2) is 131 Å². The second-order valence-corrected chi connectivity index (χ2v) is 17.5. The molecular weight excluding hydrogens is 706 g/mol. The van der Waals surface area contributed by atoms with E-state index < -0.39 is 102 Å². The molecule has 3 fully saturated rings. The van der Waals surface area contributed by atoms with Crippen LogP contribution in [0.5, 0.6) is 0 Å². The minimum atomic E-state index is -1.74. The molecule has 4 N–H and O–H groups in total. The minimum Gasteiger partial charge on any atom is -0.457 e. The molecule has 18 atom stereocenters. The number of likely N-dealkylation sites (N-methyl/N-ethyl adjacent to an activating group) is 1. The molecule has 0 saturated carbocycles. The van der Waals surface area contributed by atoms with Crippen molar-refractivity contribution in [3.05, 3.63) is 22.4 Å². The van der Waals surface area contributed by atoms with Crippen LogP contribution >= 0.6 is 11.3 Å². The Morgan fingerprint density at radius 1 is 0.906 bits per heavy atom. The third-order valence-corrected chi connectivity index (χ3v) is 12.8. The van der Waals surface area contributed by atoms with Crippen molar-refractivity contribution in [3.63, 3.8) is 0 Å². The molecule has 1 aromatic heterocycles. The van der Waals surface area contributed by atoms with E-state index >= 15 is 0 Å². The molecule has 3 aliphatic rings. The van der Waals surface area contributed by atoms with Gasteiger partial charge < -0.3 is 53.7 Å². The summed E-state index contributed by atoms with van der Waals surface area (Å²) in [5.41, 5.74) is -2.08. The first-order valence-electron chi connectivity index (χ1n) is 19.0. The van der Waals surface area contributed by atoms with Crippen LogP contribution in [0.1, 0.15) is 93.2 Å². The van der Waals surface area contributed by atoms with Gasteiger partial charge in [0.1, 0.15) is 24.1 Å². The van der Waals surface area contributed by atoms with Gasteiger partial charge in [-0.2, -0.15) is 11.3 Å². The van der Waals surface area contributed by atoms with E-state index in [2.05, 4.69) is 0 Å². The Bertz CT molecular complexity index is 1350. The van der Waals surface area contributed by atoms with Gasteiger partial charge in [-0.25, -0.2) is 0 Å². The quantitative estimate of drug-likeness (QED) is 0.296. The normalized spacial score (nSPS) is 46.9. The van der Waals surface area contributed by atoms with Gasteiger partial charge in [-0.3, -0.25) is 9.59 Å². The van der Waals surface area contributed by atoms with Crippen LogP contribution in [-0.2, 0) is 38.0 Å². The fourth-order valence-electron chi connectivity index (χ4n) is 8.65. The first-order valence-corrected chi connectivity index (χ1v) is 19.9. The zero-order chi connectivity index (χ0) is 39.7. The second-order valence-electron chi connectivity index (χ2n) is 16.7. The van der Waals surface area contributed by atoms with E-state index in [1.807, 2.05) is 42.7 Å². The first-order chi connectivity index (χ1) is 24.6. The van der Waals surface area contributed by atoms with Gasteiger partial charge in [0.15, 0.2) is 12.6 Å². The zero-order valence-corrected chi connectivity index (χ0v) is 34.3. The number of methoxy groups -OCH3 is 1. The summed E-state index contributed by atoms with van der Waals surface area (Å²) < 4.78 is 37.7. The highest BCUT2D eigenvalue weighted by molar-refractivity contribution is 7.08. The molecule has 0 aliphatic carbocycles. The summed E-state index contributed by atoms with van der Waals surface area (Å²) in [7, 11) is 5.23. The number of Topliss-reactive ketones (excluding diaryl/α,β-unsaturated/α-hetero) is 1. The molecule has 1 aromatic rings. The lowest BCUT2D eigenvalue weighted by atomic mass is 9.74. The predicted molar refractivity (Wildman–Crippen MR) is 198 cm³/mol. The third-order valence-electron chi connectivity index (χ3n) is 12.1. The van der Waals surface area contributed by atoms with Gasteiger partial charge in [-0.1, -0.05) is 27.7 Å². The van der Waals surface area contributed by atoms with E-state index in [-0.39, 0.29) is 30.8 Å². The Morgan fingerprint density at radius 3 is 2.15 bits per heavy atom. The summed E-state index contributed by atoms with van der Waals surface area (Å²) in [6, 6.07) is 1.52. The van der Waals surface area contributed by atoms with Gasteiger partial charge in [0.05, 0.1) is 47.6 Å². The first kappa shape index (κ1) is 44.2. The van der Waals surface area contributed by atoms with Crippen molar-refractivity contribution in [2.75, 3.05) is 21.2 Å². The maximum absolute atomic E-state index is 14.4. The Kier molecular flexibility index (Phi) is 14.8. The number of hydrogen-bond acceptors (Lipinski definition) is 14. The van der Waals surface area contributed by atoms with Crippen LogP contribution < -0.4 is 0 Å². The number of carbonyl (C=O) groups excluding carboxylic acids is 2. The number of ether oxygens (including phenoxy) is 6. The third kappa shape index (κ3) is 9.70. The number of esters is 1. The molecule has 0 amide bonds. The summed E-state index contributed by atoms with van der Waals surface area (Å²) in [6.07, 6.45) is -8.77. The second kappa shape index (κ2) is 17.7. The number of aliphatic hydroxyl groups is 4. The average molecular weight is 772 g/mol. The molecular formula is C39H65NO12S. The molecule has 0 bridgehead atoms. The fraction of sp³-hybridized carbons (Fsp3) is 0.846. The van der Waals surface area contributed by atoms with Crippen LogP contribution in [0.25, 0.3) is 0 Å². The van der Waals surface area contributed by atoms with Crippen molar-refractivity contribution >= 4 is 23.1 Å². The lowest BCUT2D eigenvalue weighted by molar-refractivity contribution is -0.317. The smallest absolute Gasteiger partial charge is 0.311 e. The highest BCUT2D eigenvalue weighted by atomic mass is 32.1. The molecule has 3 saturated heterocycles. The molecule has 304 valence electrons. The lowest BCUT2D eigenvalue weighted by Gasteiger charge is -2.49. The average Bonchev–Trinajstić information content (AvgIpc) is 3.64. The Labute approximate surface area is 319 Å². The summed E-state index contributed by atoms with van der Waals surface area (Å²) in [6.45, 7) is 15.5. The van der Waals surface area contributed by atoms with Gasteiger partial charge in [0.25, 0.3) is 0 Å². The van der Waals surface area contributed by atoms with Gasteiger partial charge in [0.2, 0.25) is 0 Å². The van der Waals surface area contributed by atoms with Crippen molar-refractivity contribution in [1.82, 2.24) is 4.90 Å². The van der Waals surface area contributed by atoms with E-state index in [0.717, 1.165) is 0 Å². The Hall–Kier alpha value is -1.56. The van der Waals surface area contributed by atoms with Crippen molar-refractivity contribution in [2.24, 2.45) is 29.6 Å². The number of hydrogen-bond donors (Lipinski definition) is 4. The number of nitrogens with zero attached hydrogens (tertiary/aromatic N) is 1. The van der Waals surface area contributed by atoms with Gasteiger partial charge in [-0.15, -0.1) is 0 Å². The number of carbonyl (C=O) groups is 2. The van der Waals surface area contributed by atoms with Crippen molar-refractivity contribution in [1.29, 1.82) is 0 Å².